The topological polar surface area (TPSA) is 26.0 Å². The zero-order chi connectivity index (χ0) is 11.8. The van der Waals surface area contributed by atoms with Gasteiger partial charge in [-0.05, 0) is 17.9 Å². The van der Waals surface area contributed by atoms with Crippen molar-refractivity contribution in [3.05, 3.63) is 41.9 Å². The second-order valence-corrected chi connectivity index (χ2v) is 5.09. The van der Waals surface area contributed by atoms with E-state index in [1.807, 2.05) is 6.92 Å². The largest absolute Gasteiger partial charge is 0.443 e. The Morgan fingerprint density at radius 2 is 1.69 bits per heavy atom. The predicted octanol–water partition coefficient (Wildman–Crippen LogP) is 3.95. The van der Waals surface area contributed by atoms with Crippen molar-refractivity contribution >= 4 is 0 Å². The van der Waals surface area contributed by atoms with E-state index in [2.05, 4.69) is 50.0 Å². The van der Waals surface area contributed by atoms with E-state index in [0.717, 1.165) is 17.0 Å². The van der Waals surface area contributed by atoms with Gasteiger partial charge < -0.3 is 4.42 Å². The normalized spacial score (nSPS) is 11.8. The van der Waals surface area contributed by atoms with E-state index in [1.54, 1.807) is 0 Å². The van der Waals surface area contributed by atoms with Crippen molar-refractivity contribution in [1.82, 2.24) is 4.98 Å². The molecule has 2 heteroatoms. The fraction of sp³-hybridized carbons (Fsp3) is 0.357. The molecule has 1 heterocycles. The molecule has 0 fully saturated rings. The molecule has 0 unspecified atom stereocenters. The molecule has 0 bridgehead atoms. The first kappa shape index (κ1) is 10.9. The summed E-state index contributed by atoms with van der Waals surface area (Å²) in [7, 11) is 0. The van der Waals surface area contributed by atoms with Gasteiger partial charge in [0.25, 0.3) is 0 Å². The minimum absolute atomic E-state index is 0.189. The molecule has 0 amide bonds. The van der Waals surface area contributed by atoms with Crippen molar-refractivity contribution in [2.45, 2.75) is 33.1 Å². The van der Waals surface area contributed by atoms with Crippen LogP contribution in [0.4, 0.5) is 0 Å². The summed E-state index contributed by atoms with van der Waals surface area (Å²) in [6, 6.07) is 8.48. The molecule has 2 rings (SSSR count). The molecule has 0 aliphatic heterocycles. The Hall–Kier alpha value is -1.57. The third kappa shape index (κ3) is 2.01. The number of aromatic nitrogens is 1. The Morgan fingerprint density at radius 1 is 1.06 bits per heavy atom. The van der Waals surface area contributed by atoms with Gasteiger partial charge in [0, 0.05) is 5.56 Å². The van der Waals surface area contributed by atoms with Crippen LogP contribution in [0.3, 0.4) is 0 Å². The van der Waals surface area contributed by atoms with Gasteiger partial charge >= 0.3 is 0 Å². The molecule has 16 heavy (non-hydrogen) atoms. The number of oxazole rings is 1. The highest BCUT2D eigenvalue weighted by atomic mass is 16.3. The van der Waals surface area contributed by atoms with Crippen LogP contribution >= 0.6 is 0 Å². The van der Waals surface area contributed by atoms with Crippen LogP contribution in [0.15, 0.2) is 35.1 Å². The third-order valence-electron chi connectivity index (χ3n) is 2.76. The monoisotopic (exact) mass is 215 g/mol. The summed E-state index contributed by atoms with van der Waals surface area (Å²) >= 11 is 0. The number of rotatable bonds is 1. The van der Waals surface area contributed by atoms with Crippen LogP contribution in [0.2, 0.25) is 0 Å². The molecule has 0 spiro atoms. The highest BCUT2D eigenvalue weighted by Crippen LogP contribution is 2.27. The molecule has 1 aromatic carbocycles. The molecule has 0 aliphatic carbocycles. The highest BCUT2D eigenvalue weighted by Gasteiger charge is 2.14. The Bertz CT molecular complexity index is 474. The molecular formula is C14H17NO. The molecule has 1 aromatic heterocycles. The lowest BCUT2D eigenvalue weighted by molar-refractivity contribution is 0.570. The Morgan fingerprint density at radius 3 is 2.12 bits per heavy atom. The fourth-order valence-corrected chi connectivity index (χ4v) is 1.70. The average molecular weight is 215 g/mol. The maximum Gasteiger partial charge on any atom is 0.181 e. The minimum atomic E-state index is 0.189. The minimum Gasteiger partial charge on any atom is -0.443 e. The second-order valence-electron chi connectivity index (χ2n) is 5.09. The molecule has 0 N–H and O–H groups in total. The van der Waals surface area contributed by atoms with Crippen LogP contribution in [0.5, 0.6) is 0 Å². The predicted molar refractivity (Wildman–Crippen MR) is 65.4 cm³/mol. The van der Waals surface area contributed by atoms with Gasteiger partial charge in [-0.25, -0.2) is 4.98 Å². The van der Waals surface area contributed by atoms with Crippen molar-refractivity contribution in [3.63, 3.8) is 0 Å². The first-order valence-electron chi connectivity index (χ1n) is 5.49. The highest BCUT2D eigenvalue weighted by molar-refractivity contribution is 5.59. The first-order chi connectivity index (χ1) is 7.48. The molecule has 2 nitrogen and oxygen atoms in total. The van der Waals surface area contributed by atoms with Crippen molar-refractivity contribution in [2.75, 3.05) is 0 Å². The summed E-state index contributed by atoms with van der Waals surface area (Å²) in [5.41, 5.74) is 3.54. The van der Waals surface area contributed by atoms with Crippen molar-refractivity contribution < 1.29 is 4.42 Å². The van der Waals surface area contributed by atoms with Crippen LogP contribution < -0.4 is 0 Å². The number of hydrogen-bond acceptors (Lipinski definition) is 2. The van der Waals surface area contributed by atoms with Gasteiger partial charge in [0.05, 0.1) is 5.69 Å². The van der Waals surface area contributed by atoms with Gasteiger partial charge in [-0.15, -0.1) is 0 Å². The second kappa shape index (κ2) is 3.78. The summed E-state index contributed by atoms with van der Waals surface area (Å²) in [4.78, 5) is 4.10. The maximum absolute atomic E-state index is 5.36. The summed E-state index contributed by atoms with van der Waals surface area (Å²) < 4.78 is 5.36. The van der Waals surface area contributed by atoms with Gasteiger partial charge in [-0.1, -0.05) is 45.0 Å². The van der Waals surface area contributed by atoms with Crippen LogP contribution in [0.25, 0.3) is 11.3 Å². The Labute approximate surface area is 96.3 Å². The van der Waals surface area contributed by atoms with Crippen molar-refractivity contribution in [3.8, 4) is 11.3 Å². The van der Waals surface area contributed by atoms with Gasteiger partial charge in [-0.2, -0.15) is 0 Å². The lowest BCUT2D eigenvalue weighted by Gasteiger charge is -2.18. The molecule has 2 aromatic rings. The molecule has 0 atom stereocenters. The van der Waals surface area contributed by atoms with Gasteiger partial charge in [0.15, 0.2) is 12.2 Å². The van der Waals surface area contributed by atoms with Gasteiger partial charge in [-0.3, -0.25) is 0 Å². The average Bonchev–Trinajstić information content (AvgIpc) is 2.63. The Kier molecular flexibility index (Phi) is 2.58. The number of nitrogens with zero attached hydrogens (tertiary/aromatic N) is 1. The SMILES string of the molecule is Cc1ncoc1-c1ccc(C(C)(C)C)cc1. The van der Waals surface area contributed by atoms with Crippen LogP contribution in [-0.2, 0) is 5.41 Å². The van der Waals surface area contributed by atoms with Crippen LogP contribution in [0.1, 0.15) is 32.0 Å². The summed E-state index contributed by atoms with van der Waals surface area (Å²) in [6.45, 7) is 8.58. The van der Waals surface area contributed by atoms with E-state index < -0.39 is 0 Å². The zero-order valence-electron chi connectivity index (χ0n) is 10.2. The lowest BCUT2D eigenvalue weighted by atomic mass is 9.86. The molecule has 0 aliphatic rings. The lowest BCUT2D eigenvalue weighted by Crippen LogP contribution is -2.10. The first-order valence-corrected chi connectivity index (χ1v) is 5.49. The molecular weight excluding hydrogens is 198 g/mol. The van der Waals surface area contributed by atoms with E-state index in [-0.39, 0.29) is 5.41 Å². The van der Waals surface area contributed by atoms with Crippen LogP contribution in [-0.4, -0.2) is 4.98 Å². The van der Waals surface area contributed by atoms with Gasteiger partial charge in [0.2, 0.25) is 0 Å². The molecule has 0 radical (unpaired) electrons. The van der Waals surface area contributed by atoms with Gasteiger partial charge in [0.1, 0.15) is 0 Å². The number of aryl methyl sites for hydroxylation is 1. The molecule has 0 saturated heterocycles. The summed E-state index contributed by atoms with van der Waals surface area (Å²) in [5, 5.41) is 0. The molecule has 84 valence electrons. The fourth-order valence-electron chi connectivity index (χ4n) is 1.70. The standard InChI is InChI=1S/C14H17NO/c1-10-13(16-9-15-10)11-5-7-12(8-6-11)14(2,3)4/h5-9H,1-4H3. The smallest absolute Gasteiger partial charge is 0.181 e. The number of hydrogen-bond donors (Lipinski definition) is 0. The third-order valence-corrected chi connectivity index (χ3v) is 2.76. The quantitative estimate of drug-likeness (QED) is 0.720. The Balaban J connectivity index is 2.37. The zero-order valence-corrected chi connectivity index (χ0v) is 10.2. The maximum atomic E-state index is 5.36. The van der Waals surface area contributed by atoms with E-state index in [0.29, 0.717) is 0 Å². The summed E-state index contributed by atoms with van der Waals surface area (Å²) in [6.07, 6.45) is 1.49. The van der Waals surface area contributed by atoms with E-state index in [9.17, 15) is 0 Å². The van der Waals surface area contributed by atoms with Crippen molar-refractivity contribution in [1.29, 1.82) is 0 Å². The molecule has 0 saturated carbocycles. The van der Waals surface area contributed by atoms with Crippen LogP contribution in [0, 0.1) is 6.92 Å². The van der Waals surface area contributed by atoms with Crippen molar-refractivity contribution in [2.24, 2.45) is 0 Å². The van der Waals surface area contributed by atoms with E-state index in [4.69, 9.17) is 4.42 Å². The summed E-state index contributed by atoms with van der Waals surface area (Å²) in [5.74, 6) is 0.862. The van der Waals surface area contributed by atoms with E-state index in [1.165, 1.54) is 12.0 Å². The van der Waals surface area contributed by atoms with E-state index >= 15 is 0 Å². The number of benzene rings is 1.